The van der Waals surface area contributed by atoms with Crippen LogP contribution >= 0.6 is 11.8 Å². The van der Waals surface area contributed by atoms with Crippen molar-refractivity contribution in [3.05, 3.63) is 47.3 Å². The summed E-state index contributed by atoms with van der Waals surface area (Å²) in [6, 6.07) is 7.29. The number of amides is 1. The molecule has 2 unspecified atom stereocenters. The highest BCUT2D eigenvalue weighted by Gasteiger charge is 2.22. The van der Waals surface area contributed by atoms with Crippen molar-refractivity contribution in [2.45, 2.75) is 42.8 Å². The number of rotatable bonds is 7. The van der Waals surface area contributed by atoms with Crippen LogP contribution in [0.25, 0.3) is 10.9 Å². The quantitative estimate of drug-likeness (QED) is 0.458. The van der Waals surface area contributed by atoms with Crippen molar-refractivity contribution in [3.8, 4) is 0 Å². The molecule has 1 aliphatic heterocycles. The lowest BCUT2D eigenvalue weighted by atomic mass is 10.2. The molecule has 2 aromatic rings. The first-order valence-corrected chi connectivity index (χ1v) is 9.64. The van der Waals surface area contributed by atoms with Crippen molar-refractivity contribution in [2.75, 3.05) is 13.2 Å². The van der Waals surface area contributed by atoms with Crippen molar-refractivity contribution in [1.29, 1.82) is 0 Å². The number of carbonyl (C=O) groups excluding carboxylic acids is 1. The lowest BCUT2D eigenvalue weighted by Gasteiger charge is -2.18. The maximum atomic E-state index is 13.0. The van der Waals surface area contributed by atoms with Crippen LogP contribution in [0.2, 0.25) is 0 Å². The SMILES string of the molecule is C=CCNC(=O)C(C)Sc1nc2ccccc2c(=O)n1CC1CCCO1. The molecule has 1 saturated heterocycles. The summed E-state index contributed by atoms with van der Waals surface area (Å²) in [5.41, 5.74) is 0.551. The van der Waals surface area contributed by atoms with Gasteiger partial charge in [-0.1, -0.05) is 30.0 Å². The van der Waals surface area contributed by atoms with Crippen LogP contribution in [0.1, 0.15) is 19.8 Å². The van der Waals surface area contributed by atoms with Gasteiger partial charge in [0.05, 0.1) is 28.8 Å². The van der Waals surface area contributed by atoms with Gasteiger partial charge in [0, 0.05) is 13.2 Å². The van der Waals surface area contributed by atoms with Gasteiger partial charge in [0.2, 0.25) is 5.91 Å². The van der Waals surface area contributed by atoms with E-state index >= 15 is 0 Å². The highest BCUT2D eigenvalue weighted by atomic mass is 32.2. The monoisotopic (exact) mass is 373 g/mol. The third-order valence-electron chi connectivity index (χ3n) is 4.31. The zero-order chi connectivity index (χ0) is 18.5. The number of aromatic nitrogens is 2. The van der Waals surface area contributed by atoms with Crippen molar-refractivity contribution in [1.82, 2.24) is 14.9 Å². The van der Waals surface area contributed by atoms with Gasteiger partial charge in [-0.05, 0) is 31.9 Å². The van der Waals surface area contributed by atoms with Crippen LogP contribution in [0.15, 0.2) is 46.9 Å². The van der Waals surface area contributed by atoms with Crippen LogP contribution in [0.5, 0.6) is 0 Å². The molecule has 0 radical (unpaired) electrons. The minimum atomic E-state index is -0.376. The minimum Gasteiger partial charge on any atom is -0.376 e. The number of para-hydroxylation sites is 1. The summed E-state index contributed by atoms with van der Waals surface area (Å²) in [5, 5.41) is 3.53. The molecule has 2 heterocycles. The normalized spacial score (nSPS) is 18.0. The first-order chi connectivity index (χ1) is 12.6. The molecule has 2 atom stereocenters. The Morgan fingerprint density at radius 2 is 2.35 bits per heavy atom. The summed E-state index contributed by atoms with van der Waals surface area (Å²) < 4.78 is 7.35. The van der Waals surface area contributed by atoms with Crippen molar-refractivity contribution >= 4 is 28.6 Å². The standard InChI is InChI=1S/C19H23N3O3S/c1-3-10-20-17(23)13(2)26-19-21-16-9-5-4-8-15(16)18(24)22(19)12-14-7-6-11-25-14/h3-5,8-9,13-14H,1,6-7,10-12H2,2H3,(H,20,23). The molecule has 3 rings (SSSR count). The van der Waals surface area contributed by atoms with Gasteiger partial charge in [0.15, 0.2) is 5.16 Å². The van der Waals surface area contributed by atoms with Gasteiger partial charge in [-0.15, -0.1) is 6.58 Å². The summed E-state index contributed by atoms with van der Waals surface area (Å²) in [4.78, 5) is 29.8. The summed E-state index contributed by atoms with van der Waals surface area (Å²) in [6.45, 7) is 7.00. The average Bonchev–Trinajstić information content (AvgIpc) is 3.16. The number of fused-ring (bicyclic) bond motifs is 1. The van der Waals surface area contributed by atoms with Gasteiger partial charge in [0.25, 0.3) is 5.56 Å². The second-order valence-electron chi connectivity index (χ2n) is 6.26. The van der Waals surface area contributed by atoms with E-state index in [2.05, 4.69) is 16.9 Å². The lowest BCUT2D eigenvalue weighted by molar-refractivity contribution is -0.120. The molecule has 26 heavy (non-hydrogen) atoms. The molecule has 0 saturated carbocycles. The van der Waals surface area contributed by atoms with Crippen LogP contribution in [0.3, 0.4) is 0 Å². The summed E-state index contributed by atoms with van der Waals surface area (Å²) >= 11 is 1.29. The third kappa shape index (κ3) is 4.16. The van der Waals surface area contributed by atoms with Crippen LogP contribution in [0, 0.1) is 0 Å². The molecule has 1 N–H and O–H groups in total. The molecule has 138 valence electrons. The maximum absolute atomic E-state index is 13.0. The number of nitrogens with one attached hydrogen (secondary N) is 1. The van der Waals surface area contributed by atoms with Gasteiger partial charge in [-0.25, -0.2) is 4.98 Å². The molecule has 6 nitrogen and oxygen atoms in total. The number of thioether (sulfide) groups is 1. The molecule has 1 aliphatic rings. The minimum absolute atomic E-state index is 0.0138. The van der Waals surface area contributed by atoms with Gasteiger partial charge >= 0.3 is 0 Å². The van der Waals surface area contributed by atoms with E-state index in [1.807, 2.05) is 18.2 Å². The van der Waals surface area contributed by atoms with Crippen molar-refractivity contribution in [2.24, 2.45) is 0 Å². The molecule has 0 spiro atoms. The summed E-state index contributed by atoms with van der Waals surface area (Å²) in [6.07, 6.45) is 3.58. The Labute approximate surface area is 156 Å². The largest absolute Gasteiger partial charge is 0.376 e. The Morgan fingerprint density at radius 3 is 3.08 bits per heavy atom. The molecule has 0 bridgehead atoms. The fourth-order valence-corrected chi connectivity index (χ4v) is 3.86. The number of carbonyl (C=O) groups is 1. The summed E-state index contributed by atoms with van der Waals surface area (Å²) in [7, 11) is 0. The highest BCUT2D eigenvalue weighted by Crippen LogP contribution is 2.24. The smallest absolute Gasteiger partial charge is 0.262 e. The fraction of sp³-hybridized carbons (Fsp3) is 0.421. The second-order valence-corrected chi connectivity index (χ2v) is 7.56. The summed E-state index contributed by atoms with van der Waals surface area (Å²) in [5.74, 6) is -0.110. The van der Waals surface area contributed by atoms with E-state index < -0.39 is 0 Å². The van der Waals surface area contributed by atoms with E-state index in [0.29, 0.717) is 29.1 Å². The predicted octanol–water partition coefficient (Wildman–Crippen LogP) is 2.36. The number of ether oxygens (including phenoxy) is 1. The van der Waals surface area contributed by atoms with Crippen LogP contribution in [0.4, 0.5) is 0 Å². The van der Waals surface area contributed by atoms with E-state index in [-0.39, 0.29) is 22.8 Å². The molecule has 7 heteroatoms. The van der Waals surface area contributed by atoms with Gasteiger partial charge < -0.3 is 10.1 Å². The molecular formula is C19H23N3O3S. The Bertz CT molecular complexity index is 859. The van der Waals surface area contributed by atoms with Crippen molar-refractivity contribution in [3.63, 3.8) is 0 Å². The van der Waals surface area contributed by atoms with E-state index in [4.69, 9.17) is 4.74 Å². The second kappa shape index (κ2) is 8.51. The van der Waals surface area contributed by atoms with E-state index in [1.54, 1.807) is 23.6 Å². The molecule has 1 fully saturated rings. The number of hydrogen-bond donors (Lipinski definition) is 1. The van der Waals surface area contributed by atoms with Crippen LogP contribution in [-0.2, 0) is 16.1 Å². The Kier molecular flexibility index (Phi) is 6.11. The number of hydrogen-bond acceptors (Lipinski definition) is 5. The molecule has 1 aromatic heterocycles. The topological polar surface area (TPSA) is 73.2 Å². The molecule has 1 aromatic carbocycles. The van der Waals surface area contributed by atoms with Crippen LogP contribution < -0.4 is 10.9 Å². The lowest BCUT2D eigenvalue weighted by Crippen LogP contribution is -2.33. The Morgan fingerprint density at radius 1 is 1.54 bits per heavy atom. The van der Waals surface area contributed by atoms with Gasteiger partial charge in [-0.2, -0.15) is 0 Å². The Hall–Kier alpha value is -2.12. The molecule has 1 amide bonds. The zero-order valence-corrected chi connectivity index (χ0v) is 15.6. The predicted molar refractivity (Wildman–Crippen MR) is 104 cm³/mol. The van der Waals surface area contributed by atoms with E-state index in [9.17, 15) is 9.59 Å². The Balaban J connectivity index is 1.94. The first kappa shape index (κ1) is 18.7. The highest BCUT2D eigenvalue weighted by molar-refractivity contribution is 8.00. The van der Waals surface area contributed by atoms with Crippen LogP contribution in [-0.4, -0.2) is 40.0 Å². The average molecular weight is 373 g/mol. The third-order valence-corrected chi connectivity index (χ3v) is 5.40. The first-order valence-electron chi connectivity index (χ1n) is 8.76. The molecule has 0 aliphatic carbocycles. The van der Waals surface area contributed by atoms with Gasteiger partial charge in [-0.3, -0.25) is 14.2 Å². The number of nitrogens with zero attached hydrogens (tertiary/aromatic N) is 2. The van der Waals surface area contributed by atoms with E-state index in [0.717, 1.165) is 19.4 Å². The zero-order valence-electron chi connectivity index (χ0n) is 14.8. The fourth-order valence-electron chi connectivity index (χ4n) is 2.92. The maximum Gasteiger partial charge on any atom is 0.262 e. The van der Waals surface area contributed by atoms with Crippen molar-refractivity contribution < 1.29 is 9.53 Å². The van der Waals surface area contributed by atoms with Gasteiger partial charge in [0.1, 0.15) is 0 Å². The number of benzene rings is 1. The molecular weight excluding hydrogens is 350 g/mol. The van der Waals surface area contributed by atoms with E-state index in [1.165, 1.54) is 11.8 Å².